The molecule has 1 rings (SSSR count). The van der Waals surface area contributed by atoms with Crippen LogP contribution in [0.4, 0.5) is 0 Å². The molecule has 90 valence electrons. The summed E-state index contributed by atoms with van der Waals surface area (Å²) in [7, 11) is 0. The van der Waals surface area contributed by atoms with Gasteiger partial charge >= 0.3 is 0 Å². The molecule has 0 fully saturated rings. The van der Waals surface area contributed by atoms with Crippen LogP contribution >= 0.6 is 0 Å². The van der Waals surface area contributed by atoms with Gasteiger partial charge in [-0.25, -0.2) is 0 Å². The summed E-state index contributed by atoms with van der Waals surface area (Å²) in [6.07, 6.45) is 5.72. The summed E-state index contributed by atoms with van der Waals surface area (Å²) >= 11 is 0. The van der Waals surface area contributed by atoms with Crippen LogP contribution in [0.1, 0.15) is 24.1 Å². The van der Waals surface area contributed by atoms with Crippen molar-refractivity contribution in [3.63, 3.8) is 0 Å². The molecule has 0 aliphatic rings. The molecule has 0 aromatic heterocycles. The minimum Gasteiger partial charge on any atom is -0.289 e. The Kier molecular flexibility index (Phi) is 5.44. The first-order valence-corrected chi connectivity index (χ1v) is 5.91. The summed E-state index contributed by atoms with van der Waals surface area (Å²) < 4.78 is 0. The molecule has 0 amide bonds. The largest absolute Gasteiger partial charge is 0.289 e. The van der Waals surface area contributed by atoms with Crippen molar-refractivity contribution in [2.45, 2.75) is 13.0 Å². The van der Waals surface area contributed by atoms with Gasteiger partial charge in [0.2, 0.25) is 0 Å². The second kappa shape index (κ2) is 6.87. The lowest BCUT2D eigenvalue weighted by molar-refractivity contribution is 0.260. The van der Waals surface area contributed by atoms with Crippen molar-refractivity contribution in [2.24, 2.45) is 0 Å². The van der Waals surface area contributed by atoms with Gasteiger partial charge in [-0.1, -0.05) is 49.1 Å². The lowest BCUT2D eigenvalue weighted by atomic mass is 10.0. The molecule has 0 aliphatic carbocycles. The summed E-state index contributed by atoms with van der Waals surface area (Å²) in [6.45, 7) is 15.3. The Balaban J connectivity index is 2.83. The van der Waals surface area contributed by atoms with Crippen LogP contribution in [-0.4, -0.2) is 18.0 Å². The topological polar surface area (TPSA) is 3.24 Å². The molecule has 0 saturated heterocycles. The molecule has 0 N–H and O–H groups in total. The minimum atomic E-state index is 0.366. The van der Waals surface area contributed by atoms with Crippen LogP contribution in [0.3, 0.4) is 0 Å². The SMILES string of the molecule is C=CCN(CC=C)C(C)c1ccc(C=C)cc1. The van der Waals surface area contributed by atoms with Gasteiger partial charge in [0.15, 0.2) is 0 Å². The van der Waals surface area contributed by atoms with E-state index in [1.165, 1.54) is 5.56 Å². The highest BCUT2D eigenvalue weighted by atomic mass is 15.1. The van der Waals surface area contributed by atoms with E-state index < -0.39 is 0 Å². The molecule has 1 aromatic carbocycles. The van der Waals surface area contributed by atoms with Crippen molar-refractivity contribution < 1.29 is 0 Å². The average molecular weight is 227 g/mol. The van der Waals surface area contributed by atoms with Gasteiger partial charge in [0.25, 0.3) is 0 Å². The van der Waals surface area contributed by atoms with E-state index in [-0.39, 0.29) is 0 Å². The van der Waals surface area contributed by atoms with Crippen LogP contribution in [0.25, 0.3) is 6.08 Å². The van der Waals surface area contributed by atoms with E-state index in [1.807, 2.05) is 18.2 Å². The van der Waals surface area contributed by atoms with Crippen molar-refractivity contribution in [1.29, 1.82) is 0 Å². The Hall–Kier alpha value is -1.60. The highest BCUT2D eigenvalue weighted by Gasteiger charge is 2.12. The molecule has 0 radical (unpaired) electrons. The van der Waals surface area contributed by atoms with E-state index >= 15 is 0 Å². The fourth-order valence-corrected chi connectivity index (χ4v) is 1.84. The third-order valence-corrected chi connectivity index (χ3v) is 2.93. The zero-order chi connectivity index (χ0) is 12.7. The number of rotatable bonds is 7. The number of hydrogen-bond donors (Lipinski definition) is 0. The Bertz CT molecular complexity index is 365. The van der Waals surface area contributed by atoms with Crippen LogP contribution in [0.2, 0.25) is 0 Å². The maximum atomic E-state index is 3.80. The highest BCUT2D eigenvalue weighted by molar-refractivity contribution is 5.47. The Morgan fingerprint density at radius 1 is 1.06 bits per heavy atom. The number of nitrogens with zero attached hydrogens (tertiary/aromatic N) is 1. The van der Waals surface area contributed by atoms with Crippen LogP contribution < -0.4 is 0 Å². The molecule has 1 aromatic rings. The molecule has 1 unspecified atom stereocenters. The van der Waals surface area contributed by atoms with Crippen molar-refractivity contribution >= 4 is 6.08 Å². The third-order valence-electron chi connectivity index (χ3n) is 2.93. The molecule has 0 heterocycles. The molecule has 0 spiro atoms. The number of benzene rings is 1. The Morgan fingerprint density at radius 3 is 2.00 bits per heavy atom. The van der Waals surface area contributed by atoms with E-state index in [4.69, 9.17) is 0 Å². The van der Waals surface area contributed by atoms with Gasteiger partial charge in [-0.3, -0.25) is 4.90 Å². The van der Waals surface area contributed by atoms with Gasteiger partial charge in [-0.2, -0.15) is 0 Å². The fourth-order valence-electron chi connectivity index (χ4n) is 1.84. The summed E-state index contributed by atoms with van der Waals surface area (Å²) in [5.74, 6) is 0. The predicted octanol–water partition coefficient (Wildman–Crippen LogP) is 4.06. The zero-order valence-electron chi connectivity index (χ0n) is 10.6. The normalized spacial score (nSPS) is 12.1. The molecule has 17 heavy (non-hydrogen) atoms. The molecule has 0 aliphatic heterocycles. The van der Waals surface area contributed by atoms with Gasteiger partial charge in [0, 0.05) is 19.1 Å². The van der Waals surface area contributed by atoms with Crippen LogP contribution in [-0.2, 0) is 0 Å². The third kappa shape index (κ3) is 3.72. The smallest absolute Gasteiger partial charge is 0.0326 e. The standard InChI is InChI=1S/C16H21N/c1-5-12-17(13-6-2)14(4)16-10-8-15(7-3)9-11-16/h5-11,14H,1-3,12-13H2,4H3. The summed E-state index contributed by atoms with van der Waals surface area (Å²) in [5, 5.41) is 0. The summed E-state index contributed by atoms with van der Waals surface area (Å²) in [6, 6.07) is 8.87. The summed E-state index contributed by atoms with van der Waals surface area (Å²) in [5.41, 5.74) is 2.46. The molecule has 1 heteroatoms. The van der Waals surface area contributed by atoms with E-state index in [2.05, 4.69) is 55.8 Å². The van der Waals surface area contributed by atoms with Gasteiger partial charge in [-0.05, 0) is 18.1 Å². The Labute approximate surface area is 105 Å². The lowest BCUT2D eigenvalue weighted by Crippen LogP contribution is -2.27. The molecular formula is C16H21N. The molecular weight excluding hydrogens is 206 g/mol. The van der Waals surface area contributed by atoms with Gasteiger partial charge in [0.1, 0.15) is 0 Å². The molecule has 1 nitrogen and oxygen atoms in total. The van der Waals surface area contributed by atoms with Crippen molar-refractivity contribution in [3.8, 4) is 0 Å². The first-order valence-electron chi connectivity index (χ1n) is 5.91. The van der Waals surface area contributed by atoms with Gasteiger partial charge < -0.3 is 0 Å². The highest BCUT2D eigenvalue weighted by Crippen LogP contribution is 2.20. The van der Waals surface area contributed by atoms with Crippen molar-refractivity contribution in [3.05, 3.63) is 67.3 Å². The monoisotopic (exact) mass is 227 g/mol. The van der Waals surface area contributed by atoms with Gasteiger partial charge in [-0.15, -0.1) is 13.2 Å². The van der Waals surface area contributed by atoms with Crippen molar-refractivity contribution in [2.75, 3.05) is 13.1 Å². The van der Waals surface area contributed by atoms with Crippen LogP contribution in [0.15, 0.2) is 56.2 Å². The molecule has 1 atom stereocenters. The van der Waals surface area contributed by atoms with Crippen molar-refractivity contribution in [1.82, 2.24) is 4.90 Å². The second-order valence-corrected chi connectivity index (χ2v) is 4.08. The van der Waals surface area contributed by atoms with E-state index in [0.717, 1.165) is 18.7 Å². The first-order chi connectivity index (χ1) is 8.22. The quantitative estimate of drug-likeness (QED) is 0.635. The Morgan fingerprint density at radius 2 is 1.59 bits per heavy atom. The van der Waals surface area contributed by atoms with Crippen LogP contribution in [0, 0.1) is 0 Å². The molecule has 0 saturated carbocycles. The van der Waals surface area contributed by atoms with Gasteiger partial charge in [0.05, 0.1) is 0 Å². The zero-order valence-corrected chi connectivity index (χ0v) is 10.6. The second-order valence-electron chi connectivity index (χ2n) is 4.08. The maximum absolute atomic E-state index is 3.80. The minimum absolute atomic E-state index is 0.366. The number of hydrogen-bond acceptors (Lipinski definition) is 1. The fraction of sp³-hybridized carbons (Fsp3) is 0.250. The van der Waals surface area contributed by atoms with E-state index in [1.54, 1.807) is 0 Å². The average Bonchev–Trinajstić information content (AvgIpc) is 2.38. The molecule has 0 bridgehead atoms. The lowest BCUT2D eigenvalue weighted by Gasteiger charge is -2.27. The van der Waals surface area contributed by atoms with E-state index in [0.29, 0.717) is 6.04 Å². The predicted molar refractivity (Wildman–Crippen MR) is 76.9 cm³/mol. The van der Waals surface area contributed by atoms with E-state index in [9.17, 15) is 0 Å². The maximum Gasteiger partial charge on any atom is 0.0326 e. The summed E-state index contributed by atoms with van der Waals surface area (Å²) in [4.78, 5) is 2.32. The van der Waals surface area contributed by atoms with Crippen LogP contribution in [0.5, 0.6) is 0 Å². The first kappa shape index (κ1) is 13.5.